The molecule has 8 heteroatoms. The van der Waals surface area contributed by atoms with Crippen LogP contribution in [0.15, 0.2) is 48.5 Å². The fraction of sp³-hybridized carbons (Fsp3) is 0.533. The molecule has 3 amide bonds. The van der Waals surface area contributed by atoms with Crippen molar-refractivity contribution in [2.75, 3.05) is 43.9 Å². The van der Waals surface area contributed by atoms with Crippen LogP contribution < -0.4 is 15.4 Å². The quantitative estimate of drug-likeness (QED) is 0.450. The molecule has 0 saturated heterocycles. The number of urea groups is 1. The number of carbonyl (C=O) groups is 2. The highest BCUT2D eigenvalue weighted by Gasteiger charge is 2.34. The first-order valence-electron chi connectivity index (χ1n) is 13.9. The predicted octanol–water partition coefficient (Wildman–Crippen LogP) is 5.06. The van der Waals surface area contributed by atoms with E-state index in [0.29, 0.717) is 29.2 Å². The van der Waals surface area contributed by atoms with Crippen LogP contribution in [0.25, 0.3) is 0 Å². The van der Waals surface area contributed by atoms with Gasteiger partial charge < -0.3 is 30.3 Å². The number of ether oxygens (including phenoxy) is 1. The molecule has 2 aromatic rings. The van der Waals surface area contributed by atoms with E-state index in [2.05, 4.69) is 29.5 Å². The molecule has 38 heavy (non-hydrogen) atoms. The predicted molar refractivity (Wildman–Crippen MR) is 151 cm³/mol. The number of amides is 3. The number of likely N-dealkylation sites (N-methyl/N-ethyl adjacent to an activating group) is 1. The zero-order valence-electron chi connectivity index (χ0n) is 22.9. The minimum absolute atomic E-state index is 0.0735. The summed E-state index contributed by atoms with van der Waals surface area (Å²) in [6.07, 6.45) is 6.44. The van der Waals surface area contributed by atoms with Crippen molar-refractivity contribution in [1.82, 2.24) is 9.80 Å². The Kier molecular flexibility index (Phi) is 9.63. The molecule has 0 unspecified atom stereocenters. The molecule has 2 aliphatic rings. The lowest BCUT2D eigenvalue weighted by Crippen LogP contribution is -2.50. The van der Waals surface area contributed by atoms with Crippen LogP contribution >= 0.6 is 0 Å². The van der Waals surface area contributed by atoms with E-state index in [1.54, 1.807) is 35.2 Å². The van der Waals surface area contributed by atoms with E-state index in [1.165, 1.54) is 32.1 Å². The van der Waals surface area contributed by atoms with Gasteiger partial charge in [-0.1, -0.05) is 44.4 Å². The summed E-state index contributed by atoms with van der Waals surface area (Å²) < 4.78 is 6.52. The first-order valence-corrected chi connectivity index (χ1v) is 13.9. The van der Waals surface area contributed by atoms with Crippen LogP contribution in [0.5, 0.6) is 5.75 Å². The maximum Gasteiger partial charge on any atom is 0.323 e. The summed E-state index contributed by atoms with van der Waals surface area (Å²) in [6, 6.07) is 13.6. The molecule has 1 aliphatic carbocycles. The van der Waals surface area contributed by atoms with Crippen LogP contribution in [0.1, 0.15) is 56.3 Å². The zero-order valence-corrected chi connectivity index (χ0v) is 22.9. The Balaban J connectivity index is 1.53. The Morgan fingerprint density at radius 3 is 2.50 bits per heavy atom. The van der Waals surface area contributed by atoms with Gasteiger partial charge in [-0.15, -0.1) is 0 Å². The Labute approximate surface area is 226 Å². The molecule has 8 nitrogen and oxygen atoms in total. The van der Waals surface area contributed by atoms with Crippen LogP contribution in [0, 0.1) is 11.8 Å². The van der Waals surface area contributed by atoms with Gasteiger partial charge in [-0.3, -0.25) is 4.79 Å². The second-order valence-electron chi connectivity index (χ2n) is 11.0. The Morgan fingerprint density at radius 2 is 1.79 bits per heavy atom. The van der Waals surface area contributed by atoms with Crippen molar-refractivity contribution >= 4 is 23.3 Å². The summed E-state index contributed by atoms with van der Waals surface area (Å²) in [6.45, 7) is 6.12. The molecule has 3 atom stereocenters. The molecular formula is C30H42N4O4. The number of aliphatic hydroxyl groups excluding tert-OH is 1. The van der Waals surface area contributed by atoms with Crippen molar-refractivity contribution in [2.24, 2.45) is 11.8 Å². The molecule has 1 fully saturated rings. The number of nitrogens with one attached hydrogen (secondary N) is 2. The summed E-state index contributed by atoms with van der Waals surface area (Å²) in [5.41, 5.74) is 1.55. The second kappa shape index (κ2) is 13.1. The number of carbonyl (C=O) groups excluding carboxylic acids is 2. The van der Waals surface area contributed by atoms with Gasteiger partial charge in [0.15, 0.2) is 0 Å². The number of anilines is 2. The number of aliphatic hydroxyl groups is 1. The standard InChI is InChI=1S/C30H42N4O4/c1-21-17-34(22(2)20-35)29(36)26-16-25(32-30(37)31-24-12-8-5-9-13-24)14-15-27(26)38-28(21)19-33(3)18-23-10-6-4-7-11-23/h5,8-9,12-16,21-23,28,35H,4,6-7,10-11,17-20H2,1-3H3,(H2,31,32,37)/t21-,22-,28-/m0/s1. The third-order valence-electron chi connectivity index (χ3n) is 7.74. The molecule has 4 rings (SSSR count). The van der Waals surface area contributed by atoms with Gasteiger partial charge >= 0.3 is 6.03 Å². The highest BCUT2D eigenvalue weighted by molar-refractivity contribution is 6.02. The molecule has 206 valence electrons. The molecule has 1 aliphatic heterocycles. The van der Waals surface area contributed by atoms with E-state index in [1.807, 2.05) is 25.1 Å². The van der Waals surface area contributed by atoms with Gasteiger partial charge in [0.25, 0.3) is 5.91 Å². The van der Waals surface area contributed by atoms with Gasteiger partial charge in [0.1, 0.15) is 11.9 Å². The average Bonchev–Trinajstić information content (AvgIpc) is 2.91. The number of fused-ring (bicyclic) bond motifs is 1. The first kappa shape index (κ1) is 27.9. The fourth-order valence-corrected chi connectivity index (χ4v) is 5.53. The van der Waals surface area contributed by atoms with Crippen molar-refractivity contribution in [3.63, 3.8) is 0 Å². The summed E-state index contributed by atoms with van der Waals surface area (Å²) >= 11 is 0. The van der Waals surface area contributed by atoms with Crippen molar-refractivity contribution in [2.45, 2.75) is 58.1 Å². The molecular weight excluding hydrogens is 480 g/mol. The lowest BCUT2D eigenvalue weighted by Gasteiger charge is -2.38. The molecule has 0 spiro atoms. The maximum absolute atomic E-state index is 13.7. The number of rotatable bonds is 8. The van der Waals surface area contributed by atoms with Crippen molar-refractivity contribution in [1.29, 1.82) is 0 Å². The van der Waals surface area contributed by atoms with Crippen LogP contribution in [0.2, 0.25) is 0 Å². The average molecular weight is 523 g/mol. The Morgan fingerprint density at radius 1 is 1.08 bits per heavy atom. The van der Waals surface area contributed by atoms with Crippen LogP contribution in [0.3, 0.4) is 0 Å². The summed E-state index contributed by atoms with van der Waals surface area (Å²) in [7, 11) is 2.15. The molecule has 1 heterocycles. The zero-order chi connectivity index (χ0) is 27.1. The van der Waals surface area contributed by atoms with E-state index in [9.17, 15) is 14.7 Å². The van der Waals surface area contributed by atoms with E-state index >= 15 is 0 Å². The normalized spacial score (nSPS) is 21.2. The Bertz CT molecular complexity index is 1070. The minimum atomic E-state index is -0.396. The highest BCUT2D eigenvalue weighted by Crippen LogP contribution is 2.31. The molecule has 2 aromatic carbocycles. The van der Waals surface area contributed by atoms with Gasteiger partial charge in [0.2, 0.25) is 0 Å². The van der Waals surface area contributed by atoms with Crippen LogP contribution in [-0.2, 0) is 0 Å². The van der Waals surface area contributed by atoms with E-state index < -0.39 is 6.03 Å². The second-order valence-corrected chi connectivity index (χ2v) is 11.0. The minimum Gasteiger partial charge on any atom is -0.488 e. The highest BCUT2D eigenvalue weighted by atomic mass is 16.5. The lowest BCUT2D eigenvalue weighted by molar-refractivity contribution is 0.0330. The largest absolute Gasteiger partial charge is 0.488 e. The van der Waals surface area contributed by atoms with E-state index in [4.69, 9.17) is 4.74 Å². The van der Waals surface area contributed by atoms with Gasteiger partial charge in [0.05, 0.1) is 18.2 Å². The fourth-order valence-electron chi connectivity index (χ4n) is 5.53. The van der Waals surface area contributed by atoms with Gasteiger partial charge in [0, 0.05) is 36.9 Å². The van der Waals surface area contributed by atoms with Gasteiger partial charge in [-0.05, 0) is 63.1 Å². The van der Waals surface area contributed by atoms with Crippen molar-refractivity contribution in [3.8, 4) is 5.75 Å². The number of nitrogens with zero attached hydrogens (tertiary/aromatic N) is 2. The summed E-state index contributed by atoms with van der Waals surface area (Å²) in [4.78, 5) is 30.3. The third-order valence-corrected chi connectivity index (χ3v) is 7.74. The van der Waals surface area contributed by atoms with Crippen LogP contribution in [0.4, 0.5) is 16.2 Å². The Hall–Kier alpha value is -3.10. The number of hydrogen-bond donors (Lipinski definition) is 3. The maximum atomic E-state index is 13.7. The van der Waals surface area contributed by atoms with E-state index in [0.717, 1.165) is 19.0 Å². The molecule has 3 N–H and O–H groups in total. The number of hydrogen-bond acceptors (Lipinski definition) is 5. The molecule has 0 radical (unpaired) electrons. The van der Waals surface area contributed by atoms with Crippen molar-refractivity contribution < 1.29 is 19.4 Å². The van der Waals surface area contributed by atoms with Crippen molar-refractivity contribution in [3.05, 3.63) is 54.1 Å². The molecule has 0 bridgehead atoms. The lowest BCUT2D eigenvalue weighted by atomic mass is 9.89. The van der Waals surface area contributed by atoms with Crippen LogP contribution in [-0.4, -0.2) is 72.3 Å². The molecule has 0 aromatic heterocycles. The van der Waals surface area contributed by atoms with Gasteiger partial charge in [-0.2, -0.15) is 0 Å². The third kappa shape index (κ3) is 7.26. The summed E-state index contributed by atoms with van der Waals surface area (Å²) in [5.74, 6) is 1.09. The SMILES string of the molecule is C[C@H]1CN([C@@H](C)CO)C(=O)c2cc(NC(=O)Nc3ccccc3)ccc2O[C@H]1CN(C)CC1CCCCC1. The topological polar surface area (TPSA) is 94.1 Å². The first-order chi connectivity index (χ1) is 18.3. The smallest absolute Gasteiger partial charge is 0.323 e. The van der Waals surface area contributed by atoms with E-state index in [-0.39, 0.29) is 30.6 Å². The van der Waals surface area contributed by atoms with Gasteiger partial charge in [-0.25, -0.2) is 4.79 Å². The number of para-hydroxylation sites is 1. The summed E-state index contributed by atoms with van der Waals surface area (Å²) in [5, 5.41) is 15.5. The molecule has 1 saturated carbocycles. The monoisotopic (exact) mass is 522 g/mol. The number of benzene rings is 2.